The Morgan fingerprint density at radius 1 is 1.40 bits per heavy atom. The molecule has 0 heterocycles. The third-order valence-electron chi connectivity index (χ3n) is 2.14. The van der Waals surface area contributed by atoms with Crippen molar-refractivity contribution in [2.24, 2.45) is 0 Å². The largest absolute Gasteiger partial charge is 0.465 e. The highest BCUT2D eigenvalue weighted by Gasteiger charge is 2.07. The van der Waals surface area contributed by atoms with Crippen molar-refractivity contribution in [3.8, 4) is 0 Å². The van der Waals surface area contributed by atoms with Crippen molar-refractivity contribution in [2.45, 2.75) is 6.92 Å². The van der Waals surface area contributed by atoms with Crippen molar-refractivity contribution in [2.75, 3.05) is 25.0 Å². The molecule has 1 rings (SSSR count). The summed E-state index contributed by atoms with van der Waals surface area (Å²) >= 11 is 0. The molecule has 2 N–H and O–H groups in total. The molecule has 1 amide bonds. The minimum Gasteiger partial charge on any atom is -0.465 e. The van der Waals surface area contributed by atoms with Crippen LogP contribution < -0.4 is 5.32 Å². The molecule has 15 heavy (non-hydrogen) atoms. The Kier molecular flexibility index (Phi) is 4.47. The van der Waals surface area contributed by atoms with Gasteiger partial charge in [0.25, 0.3) is 0 Å². The maximum Gasteiger partial charge on any atom is 0.407 e. The average molecular weight is 208 g/mol. The monoisotopic (exact) mass is 208 g/mol. The van der Waals surface area contributed by atoms with Gasteiger partial charge in [0.2, 0.25) is 0 Å². The maximum atomic E-state index is 10.7. The predicted octanol–water partition coefficient (Wildman–Crippen LogP) is 2.10. The van der Waals surface area contributed by atoms with Gasteiger partial charge in [0.1, 0.15) is 0 Å². The lowest BCUT2D eigenvalue weighted by atomic mass is 10.3. The van der Waals surface area contributed by atoms with Gasteiger partial charge in [-0.25, -0.2) is 4.79 Å². The summed E-state index contributed by atoms with van der Waals surface area (Å²) in [6, 6.07) is 9.74. The number of amides is 1. The van der Waals surface area contributed by atoms with Crippen LogP contribution in [0.1, 0.15) is 6.92 Å². The average Bonchev–Trinajstić information content (AvgIpc) is 2.25. The summed E-state index contributed by atoms with van der Waals surface area (Å²) in [4.78, 5) is 12.0. The van der Waals surface area contributed by atoms with E-state index < -0.39 is 6.09 Å². The summed E-state index contributed by atoms with van der Waals surface area (Å²) in [6.07, 6.45) is -0.868. The molecule has 0 atom stereocenters. The minimum atomic E-state index is -0.868. The van der Waals surface area contributed by atoms with Crippen LogP contribution in [0.3, 0.4) is 0 Å². The fourth-order valence-corrected chi connectivity index (χ4v) is 1.28. The van der Waals surface area contributed by atoms with Gasteiger partial charge in [-0.15, -0.1) is 0 Å². The molecular weight excluding hydrogens is 192 g/mol. The number of likely N-dealkylation sites (N-methyl/N-ethyl adjacent to an activating group) is 1. The first-order valence-corrected chi connectivity index (χ1v) is 5.01. The van der Waals surface area contributed by atoms with Crippen molar-refractivity contribution >= 4 is 11.8 Å². The molecule has 0 saturated carbocycles. The second-order valence-electron chi connectivity index (χ2n) is 3.16. The van der Waals surface area contributed by atoms with Gasteiger partial charge in [-0.2, -0.15) is 0 Å². The first kappa shape index (κ1) is 11.4. The second-order valence-corrected chi connectivity index (χ2v) is 3.16. The van der Waals surface area contributed by atoms with E-state index in [1.807, 2.05) is 37.3 Å². The number of hydrogen-bond acceptors (Lipinski definition) is 2. The molecule has 0 fully saturated rings. The Bertz CT molecular complexity index is 301. The number of nitrogens with one attached hydrogen (secondary N) is 1. The fourth-order valence-electron chi connectivity index (χ4n) is 1.28. The summed E-state index contributed by atoms with van der Waals surface area (Å²) < 4.78 is 0. The highest BCUT2D eigenvalue weighted by molar-refractivity contribution is 5.64. The summed E-state index contributed by atoms with van der Waals surface area (Å²) in [5.74, 6) is 0. The van der Waals surface area contributed by atoms with Crippen LogP contribution in [-0.4, -0.2) is 35.7 Å². The molecule has 0 aromatic heterocycles. The van der Waals surface area contributed by atoms with E-state index in [0.717, 1.165) is 5.69 Å². The third kappa shape index (κ3) is 3.89. The Morgan fingerprint density at radius 2 is 2.07 bits per heavy atom. The highest BCUT2D eigenvalue weighted by Crippen LogP contribution is 2.03. The van der Waals surface area contributed by atoms with Gasteiger partial charge < -0.3 is 15.3 Å². The molecule has 82 valence electrons. The van der Waals surface area contributed by atoms with Crippen LogP contribution >= 0.6 is 0 Å². The first-order chi connectivity index (χ1) is 7.24. The molecule has 0 radical (unpaired) electrons. The van der Waals surface area contributed by atoms with Crippen molar-refractivity contribution in [3.05, 3.63) is 30.3 Å². The SMILES string of the molecule is CCN(CCNc1ccccc1)C(=O)O. The van der Waals surface area contributed by atoms with E-state index in [9.17, 15) is 4.79 Å². The van der Waals surface area contributed by atoms with Gasteiger partial charge in [-0.3, -0.25) is 0 Å². The molecular formula is C11H16N2O2. The summed E-state index contributed by atoms with van der Waals surface area (Å²) in [6.45, 7) is 3.48. The van der Waals surface area contributed by atoms with Crippen LogP contribution in [0.15, 0.2) is 30.3 Å². The molecule has 1 aromatic rings. The number of anilines is 1. The van der Waals surface area contributed by atoms with Crippen molar-refractivity contribution in [1.29, 1.82) is 0 Å². The first-order valence-electron chi connectivity index (χ1n) is 5.01. The molecule has 0 aliphatic heterocycles. The molecule has 0 aliphatic carbocycles. The molecule has 0 spiro atoms. The number of hydrogen-bond donors (Lipinski definition) is 2. The molecule has 4 nitrogen and oxygen atoms in total. The van der Waals surface area contributed by atoms with E-state index in [0.29, 0.717) is 19.6 Å². The Balaban J connectivity index is 2.30. The normalized spacial score (nSPS) is 9.67. The number of rotatable bonds is 5. The number of carbonyl (C=O) groups is 1. The lowest BCUT2D eigenvalue weighted by Crippen LogP contribution is -2.33. The predicted molar refractivity (Wildman–Crippen MR) is 60.2 cm³/mol. The third-order valence-corrected chi connectivity index (χ3v) is 2.14. The van der Waals surface area contributed by atoms with E-state index in [1.165, 1.54) is 4.90 Å². The van der Waals surface area contributed by atoms with E-state index >= 15 is 0 Å². The van der Waals surface area contributed by atoms with Crippen molar-refractivity contribution < 1.29 is 9.90 Å². The van der Waals surface area contributed by atoms with Crippen LogP contribution in [-0.2, 0) is 0 Å². The Morgan fingerprint density at radius 3 is 2.60 bits per heavy atom. The standard InChI is InChI=1S/C11H16N2O2/c1-2-13(11(14)15)9-8-12-10-6-4-3-5-7-10/h3-7,12H,2,8-9H2,1H3,(H,14,15). The van der Waals surface area contributed by atoms with E-state index in [1.54, 1.807) is 0 Å². The van der Waals surface area contributed by atoms with Crippen molar-refractivity contribution in [1.82, 2.24) is 4.90 Å². The minimum absolute atomic E-state index is 0.501. The Labute approximate surface area is 89.5 Å². The van der Waals surface area contributed by atoms with Gasteiger partial charge in [0.05, 0.1) is 0 Å². The summed E-state index contributed by atoms with van der Waals surface area (Å²) in [7, 11) is 0. The number of nitrogens with zero attached hydrogens (tertiary/aromatic N) is 1. The zero-order chi connectivity index (χ0) is 11.1. The van der Waals surface area contributed by atoms with E-state index in [2.05, 4.69) is 5.32 Å². The molecule has 0 saturated heterocycles. The number of para-hydroxylation sites is 1. The van der Waals surface area contributed by atoms with Crippen LogP contribution in [0, 0.1) is 0 Å². The van der Waals surface area contributed by atoms with Gasteiger partial charge in [0, 0.05) is 25.3 Å². The number of benzene rings is 1. The van der Waals surface area contributed by atoms with Crippen LogP contribution in [0.25, 0.3) is 0 Å². The van der Waals surface area contributed by atoms with E-state index in [4.69, 9.17) is 5.11 Å². The smallest absolute Gasteiger partial charge is 0.407 e. The van der Waals surface area contributed by atoms with Gasteiger partial charge in [-0.1, -0.05) is 18.2 Å². The second kappa shape index (κ2) is 5.90. The number of carboxylic acid groups (broad SMARTS) is 1. The zero-order valence-corrected chi connectivity index (χ0v) is 8.81. The molecule has 1 aromatic carbocycles. The maximum absolute atomic E-state index is 10.7. The van der Waals surface area contributed by atoms with Gasteiger partial charge >= 0.3 is 6.09 Å². The lowest BCUT2D eigenvalue weighted by molar-refractivity contribution is 0.149. The summed E-state index contributed by atoms with van der Waals surface area (Å²) in [5, 5.41) is 11.9. The van der Waals surface area contributed by atoms with Crippen LogP contribution in [0.4, 0.5) is 10.5 Å². The molecule has 4 heteroatoms. The molecule has 0 unspecified atom stereocenters. The zero-order valence-electron chi connectivity index (χ0n) is 8.81. The Hall–Kier alpha value is -1.71. The van der Waals surface area contributed by atoms with Crippen LogP contribution in [0.5, 0.6) is 0 Å². The topological polar surface area (TPSA) is 52.6 Å². The van der Waals surface area contributed by atoms with E-state index in [-0.39, 0.29) is 0 Å². The van der Waals surface area contributed by atoms with Crippen molar-refractivity contribution in [3.63, 3.8) is 0 Å². The van der Waals surface area contributed by atoms with Gasteiger partial charge in [0.15, 0.2) is 0 Å². The van der Waals surface area contributed by atoms with Crippen LogP contribution in [0.2, 0.25) is 0 Å². The lowest BCUT2D eigenvalue weighted by Gasteiger charge is -2.17. The van der Waals surface area contributed by atoms with Gasteiger partial charge in [-0.05, 0) is 19.1 Å². The quantitative estimate of drug-likeness (QED) is 0.779. The summed E-state index contributed by atoms with van der Waals surface area (Å²) in [5.41, 5.74) is 1.01. The highest BCUT2D eigenvalue weighted by atomic mass is 16.4. The molecule has 0 bridgehead atoms. The molecule has 0 aliphatic rings. The fraction of sp³-hybridized carbons (Fsp3) is 0.364.